The predicted octanol–water partition coefficient (Wildman–Crippen LogP) is 5.56. The summed E-state index contributed by atoms with van der Waals surface area (Å²) in [7, 11) is 1.58. The summed E-state index contributed by atoms with van der Waals surface area (Å²) in [5.74, 6) is 0.386. The van der Waals surface area contributed by atoms with E-state index in [1.54, 1.807) is 73.8 Å². The number of ether oxygens (including phenoxy) is 3. The molecule has 3 aromatic carbocycles. The Kier molecular flexibility index (Phi) is 6.32. The predicted molar refractivity (Wildman–Crippen MR) is 130 cm³/mol. The molecule has 0 amide bonds. The van der Waals surface area contributed by atoms with Crippen molar-refractivity contribution in [3.63, 3.8) is 0 Å². The van der Waals surface area contributed by atoms with E-state index >= 15 is 0 Å². The lowest BCUT2D eigenvalue weighted by Gasteiger charge is -2.18. The molecule has 172 valence electrons. The lowest BCUT2D eigenvalue weighted by molar-refractivity contribution is -0.129. The first-order chi connectivity index (χ1) is 16.2. The van der Waals surface area contributed by atoms with E-state index in [1.165, 1.54) is 0 Å². The summed E-state index contributed by atoms with van der Waals surface area (Å²) in [6.45, 7) is 6.36. The van der Waals surface area contributed by atoms with Gasteiger partial charge in [0.25, 0.3) is 0 Å². The van der Waals surface area contributed by atoms with Gasteiger partial charge in [-0.05, 0) is 71.1 Å². The van der Waals surface area contributed by atoms with Crippen LogP contribution in [-0.2, 0) is 14.9 Å². The number of methoxy groups -OCH3 is 1. The van der Waals surface area contributed by atoms with Crippen molar-refractivity contribution in [2.45, 2.75) is 26.2 Å². The molecule has 0 saturated heterocycles. The van der Waals surface area contributed by atoms with Gasteiger partial charge in [-0.15, -0.1) is 0 Å². The standard InChI is InChI=1S/C28H25NO5/c1-28(2,3)21-11-7-20(8-12-21)26(30)33-23-13-5-18(6-14-23)17-24-27(31)34-25(29-24)19-9-15-22(32-4)16-10-19/h5-17H,1-4H3/b24-17-. The van der Waals surface area contributed by atoms with Gasteiger partial charge in [-0.3, -0.25) is 0 Å². The maximum Gasteiger partial charge on any atom is 0.363 e. The van der Waals surface area contributed by atoms with Gasteiger partial charge >= 0.3 is 11.9 Å². The first kappa shape index (κ1) is 23.0. The molecule has 0 radical (unpaired) electrons. The minimum Gasteiger partial charge on any atom is -0.497 e. The molecule has 34 heavy (non-hydrogen) atoms. The summed E-state index contributed by atoms with van der Waals surface area (Å²) in [6.07, 6.45) is 1.62. The van der Waals surface area contributed by atoms with Gasteiger partial charge in [0.1, 0.15) is 11.5 Å². The van der Waals surface area contributed by atoms with Crippen LogP contribution in [0.5, 0.6) is 11.5 Å². The Labute approximate surface area is 198 Å². The summed E-state index contributed by atoms with van der Waals surface area (Å²) in [5, 5.41) is 0. The number of nitrogens with zero attached hydrogens (tertiary/aromatic N) is 1. The molecule has 0 bridgehead atoms. The van der Waals surface area contributed by atoms with Gasteiger partial charge < -0.3 is 14.2 Å². The third kappa shape index (κ3) is 5.23. The molecular weight excluding hydrogens is 430 g/mol. The number of esters is 2. The van der Waals surface area contributed by atoms with Gasteiger partial charge in [0, 0.05) is 5.56 Å². The van der Waals surface area contributed by atoms with Crippen molar-refractivity contribution in [2.24, 2.45) is 4.99 Å². The first-order valence-corrected chi connectivity index (χ1v) is 10.8. The lowest BCUT2D eigenvalue weighted by Crippen LogP contribution is -2.12. The zero-order chi connectivity index (χ0) is 24.3. The molecule has 0 fully saturated rings. The van der Waals surface area contributed by atoms with E-state index in [-0.39, 0.29) is 17.0 Å². The minimum atomic E-state index is -0.528. The molecular formula is C28H25NO5. The van der Waals surface area contributed by atoms with Crippen LogP contribution in [0.25, 0.3) is 6.08 Å². The van der Waals surface area contributed by atoms with Gasteiger partial charge in [-0.2, -0.15) is 0 Å². The van der Waals surface area contributed by atoms with Crippen molar-refractivity contribution in [2.75, 3.05) is 7.11 Å². The van der Waals surface area contributed by atoms with Crippen molar-refractivity contribution < 1.29 is 23.8 Å². The van der Waals surface area contributed by atoms with Gasteiger partial charge in [0.2, 0.25) is 5.90 Å². The van der Waals surface area contributed by atoms with Crippen LogP contribution in [0.2, 0.25) is 0 Å². The summed E-state index contributed by atoms with van der Waals surface area (Å²) in [6, 6.07) is 21.3. The normalized spacial score (nSPS) is 14.5. The van der Waals surface area contributed by atoms with Crippen molar-refractivity contribution in [3.05, 3.63) is 101 Å². The number of hydrogen-bond acceptors (Lipinski definition) is 6. The fourth-order valence-corrected chi connectivity index (χ4v) is 3.33. The van der Waals surface area contributed by atoms with Crippen molar-refractivity contribution in [1.82, 2.24) is 0 Å². The topological polar surface area (TPSA) is 74.2 Å². The summed E-state index contributed by atoms with van der Waals surface area (Å²) in [4.78, 5) is 29.0. The van der Waals surface area contributed by atoms with E-state index in [1.807, 2.05) is 12.1 Å². The zero-order valence-corrected chi connectivity index (χ0v) is 19.5. The van der Waals surface area contributed by atoms with E-state index in [0.717, 1.165) is 11.1 Å². The number of carbonyl (C=O) groups is 2. The number of hydrogen-bond donors (Lipinski definition) is 0. The van der Waals surface area contributed by atoms with E-state index in [0.29, 0.717) is 22.6 Å². The van der Waals surface area contributed by atoms with Crippen molar-refractivity contribution in [1.29, 1.82) is 0 Å². The highest BCUT2D eigenvalue weighted by Gasteiger charge is 2.24. The van der Waals surface area contributed by atoms with Crippen molar-refractivity contribution in [3.8, 4) is 11.5 Å². The van der Waals surface area contributed by atoms with Gasteiger partial charge in [0.15, 0.2) is 5.70 Å². The highest BCUT2D eigenvalue weighted by Crippen LogP contribution is 2.24. The molecule has 0 atom stereocenters. The monoisotopic (exact) mass is 455 g/mol. The number of carbonyl (C=O) groups excluding carboxylic acids is 2. The Hall–Kier alpha value is -4.19. The molecule has 0 aliphatic carbocycles. The van der Waals surface area contributed by atoms with Crippen LogP contribution in [0.1, 0.15) is 47.8 Å². The Balaban J connectivity index is 1.44. The average molecular weight is 456 g/mol. The van der Waals surface area contributed by atoms with Gasteiger partial charge in [-0.1, -0.05) is 45.0 Å². The molecule has 0 aromatic heterocycles. The van der Waals surface area contributed by atoms with E-state index in [2.05, 4.69) is 25.8 Å². The molecule has 0 saturated carbocycles. The number of rotatable bonds is 5. The second-order valence-corrected chi connectivity index (χ2v) is 8.85. The van der Waals surface area contributed by atoms with Gasteiger partial charge in [-0.25, -0.2) is 14.6 Å². The zero-order valence-electron chi connectivity index (χ0n) is 19.5. The van der Waals surface area contributed by atoms with E-state index in [4.69, 9.17) is 14.2 Å². The highest BCUT2D eigenvalue weighted by molar-refractivity contribution is 6.12. The van der Waals surface area contributed by atoms with Crippen molar-refractivity contribution >= 4 is 23.9 Å². The molecule has 6 heteroatoms. The fourth-order valence-electron chi connectivity index (χ4n) is 3.33. The molecule has 6 nitrogen and oxygen atoms in total. The third-order valence-corrected chi connectivity index (χ3v) is 5.34. The van der Waals surface area contributed by atoms with Crippen LogP contribution < -0.4 is 9.47 Å². The fraction of sp³-hybridized carbons (Fsp3) is 0.179. The number of aliphatic imine (C=N–C) groups is 1. The molecule has 0 spiro atoms. The summed E-state index contributed by atoms with van der Waals surface area (Å²) in [5.41, 5.74) is 3.22. The first-order valence-electron chi connectivity index (χ1n) is 10.8. The molecule has 0 unspecified atom stereocenters. The SMILES string of the molecule is COc1ccc(C2=N/C(=C\c3ccc(OC(=O)c4ccc(C(C)(C)C)cc4)cc3)C(=O)O2)cc1. The number of cyclic esters (lactones) is 1. The molecule has 3 aromatic rings. The van der Waals surface area contributed by atoms with Crippen LogP contribution in [-0.4, -0.2) is 24.9 Å². The van der Waals surface area contributed by atoms with Crippen LogP contribution in [0, 0.1) is 0 Å². The average Bonchev–Trinajstić information content (AvgIpc) is 3.20. The van der Waals surface area contributed by atoms with E-state index in [9.17, 15) is 9.59 Å². The maximum absolute atomic E-state index is 12.5. The van der Waals surface area contributed by atoms with Crippen LogP contribution in [0.15, 0.2) is 83.5 Å². The minimum absolute atomic E-state index is 0.0119. The Morgan fingerprint density at radius 3 is 2.09 bits per heavy atom. The Morgan fingerprint density at radius 1 is 0.882 bits per heavy atom. The second kappa shape index (κ2) is 9.35. The summed E-state index contributed by atoms with van der Waals surface area (Å²) < 4.78 is 15.9. The third-order valence-electron chi connectivity index (χ3n) is 5.34. The quantitative estimate of drug-likeness (QED) is 0.286. The van der Waals surface area contributed by atoms with Crippen LogP contribution in [0.3, 0.4) is 0 Å². The lowest BCUT2D eigenvalue weighted by atomic mass is 9.87. The molecule has 1 heterocycles. The smallest absolute Gasteiger partial charge is 0.363 e. The molecule has 4 rings (SSSR count). The Morgan fingerprint density at radius 2 is 1.50 bits per heavy atom. The molecule has 1 aliphatic heterocycles. The van der Waals surface area contributed by atoms with Crippen LogP contribution in [0.4, 0.5) is 0 Å². The Bertz CT molecular complexity index is 1260. The van der Waals surface area contributed by atoms with Gasteiger partial charge in [0.05, 0.1) is 12.7 Å². The molecule has 1 aliphatic rings. The second-order valence-electron chi connectivity index (χ2n) is 8.85. The van der Waals surface area contributed by atoms with E-state index < -0.39 is 11.9 Å². The number of benzene rings is 3. The summed E-state index contributed by atoms with van der Waals surface area (Å²) >= 11 is 0. The largest absolute Gasteiger partial charge is 0.497 e. The maximum atomic E-state index is 12.5. The highest BCUT2D eigenvalue weighted by atomic mass is 16.6. The molecule has 0 N–H and O–H groups in total. The van der Waals surface area contributed by atoms with Crippen LogP contribution >= 0.6 is 0 Å².